The molecule has 1 amide bonds. The van der Waals surface area contributed by atoms with E-state index in [1.54, 1.807) is 4.90 Å². The molecular formula is C29H30ClN3O. The molecule has 0 radical (unpaired) electrons. The van der Waals surface area contributed by atoms with Crippen molar-refractivity contribution < 1.29 is 4.79 Å². The maximum Gasteiger partial charge on any atom is 0.243 e. The Bertz CT molecular complexity index is 1150. The van der Waals surface area contributed by atoms with Crippen molar-refractivity contribution >= 4 is 24.0 Å². The zero-order valence-corrected chi connectivity index (χ0v) is 20.1. The van der Waals surface area contributed by atoms with Crippen molar-refractivity contribution in [1.82, 2.24) is 4.90 Å². The smallest absolute Gasteiger partial charge is 0.243 e. The number of carbonyl (C=O) groups is 1. The van der Waals surface area contributed by atoms with Gasteiger partial charge in [0.05, 0.1) is 6.07 Å². The summed E-state index contributed by atoms with van der Waals surface area (Å²) >= 11 is 0. The minimum Gasteiger partial charge on any atom is -0.303 e. The van der Waals surface area contributed by atoms with E-state index in [4.69, 9.17) is 0 Å². The fraction of sp³-hybridized carbons (Fsp3) is 0.310. The summed E-state index contributed by atoms with van der Waals surface area (Å²) in [5, 5.41) is 9.41. The van der Waals surface area contributed by atoms with Gasteiger partial charge in [0, 0.05) is 5.69 Å². The Morgan fingerprint density at radius 2 is 1.50 bits per heavy atom. The molecule has 5 rings (SSSR count). The molecule has 1 fully saturated rings. The topological polar surface area (TPSA) is 47.3 Å². The number of para-hydroxylation sites is 1. The standard InChI is InChI=1S/C29H29N3O.ClH/c30-18-22-32-27-14-8-7-13-26(27)29(28(32)33,25-11-5-2-6-12-25)17-21-31-19-15-24(16-20-31)23-9-3-1-4-10-23;/h1-14,24H,15-17,19-22H2;1H. The lowest BCUT2D eigenvalue weighted by atomic mass is 9.72. The number of rotatable bonds is 6. The largest absolute Gasteiger partial charge is 0.303 e. The Hall–Kier alpha value is -3.13. The molecule has 5 heteroatoms. The molecule has 174 valence electrons. The summed E-state index contributed by atoms with van der Waals surface area (Å²) in [6.45, 7) is 3.02. The molecule has 3 aromatic rings. The molecule has 0 aliphatic carbocycles. The van der Waals surface area contributed by atoms with E-state index in [-0.39, 0.29) is 24.9 Å². The van der Waals surface area contributed by atoms with Gasteiger partial charge in [0.15, 0.2) is 0 Å². The Kier molecular flexibility index (Phi) is 7.36. The van der Waals surface area contributed by atoms with Crippen LogP contribution >= 0.6 is 12.4 Å². The van der Waals surface area contributed by atoms with Gasteiger partial charge in [0.2, 0.25) is 5.91 Å². The quantitative estimate of drug-likeness (QED) is 0.444. The van der Waals surface area contributed by atoms with Gasteiger partial charge in [-0.3, -0.25) is 9.69 Å². The van der Waals surface area contributed by atoms with Crippen LogP contribution in [0.1, 0.15) is 41.9 Å². The zero-order chi connectivity index (χ0) is 22.7. The Labute approximate surface area is 208 Å². The third kappa shape index (κ3) is 4.22. The maximum absolute atomic E-state index is 13.9. The highest BCUT2D eigenvalue weighted by atomic mass is 35.5. The van der Waals surface area contributed by atoms with Crippen molar-refractivity contribution in [3.63, 3.8) is 0 Å². The normalized spacial score (nSPS) is 20.4. The lowest BCUT2D eigenvalue weighted by molar-refractivity contribution is -0.122. The number of nitrogens with zero attached hydrogens (tertiary/aromatic N) is 3. The van der Waals surface area contributed by atoms with E-state index in [2.05, 4.69) is 59.5 Å². The Morgan fingerprint density at radius 1 is 0.882 bits per heavy atom. The van der Waals surface area contributed by atoms with E-state index < -0.39 is 5.41 Å². The van der Waals surface area contributed by atoms with Crippen LogP contribution in [0.5, 0.6) is 0 Å². The van der Waals surface area contributed by atoms with E-state index in [0.29, 0.717) is 12.3 Å². The summed E-state index contributed by atoms with van der Waals surface area (Å²) in [6, 6.07) is 31.1. The monoisotopic (exact) mass is 471 g/mol. The fourth-order valence-corrected chi connectivity index (χ4v) is 5.68. The van der Waals surface area contributed by atoms with Gasteiger partial charge in [-0.2, -0.15) is 5.26 Å². The van der Waals surface area contributed by atoms with Gasteiger partial charge in [0.1, 0.15) is 12.0 Å². The third-order valence-corrected chi connectivity index (χ3v) is 7.42. The average molecular weight is 472 g/mol. The minimum absolute atomic E-state index is 0. The predicted molar refractivity (Wildman–Crippen MR) is 138 cm³/mol. The highest BCUT2D eigenvalue weighted by Gasteiger charge is 2.51. The highest BCUT2D eigenvalue weighted by molar-refractivity contribution is 6.10. The molecule has 1 unspecified atom stereocenters. The second-order valence-electron chi connectivity index (χ2n) is 9.11. The first kappa shape index (κ1) is 24.0. The Morgan fingerprint density at radius 3 is 2.18 bits per heavy atom. The molecule has 0 bridgehead atoms. The van der Waals surface area contributed by atoms with Crippen molar-refractivity contribution in [2.75, 3.05) is 31.1 Å². The summed E-state index contributed by atoms with van der Waals surface area (Å²) < 4.78 is 0. The molecule has 0 N–H and O–H groups in total. The van der Waals surface area contributed by atoms with Crippen LogP contribution in [-0.2, 0) is 10.2 Å². The second-order valence-corrected chi connectivity index (χ2v) is 9.11. The molecule has 0 aromatic heterocycles. The fourth-order valence-electron chi connectivity index (χ4n) is 5.68. The molecule has 1 atom stereocenters. The van der Waals surface area contributed by atoms with Crippen molar-refractivity contribution in [2.45, 2.75) is 30.6 Å². The molecule has 34 heavy (non-hydrogen) atoms. The first-order chi connectivity index (χ1) is 16.2. The van der Waals surface area contributed by atoms with Crippen molar-refractivity contribution in [3.8, 4) is 6.07 Å². The number of halogens is 1. The number of piperidine rings is 1. The van der Waals surface area contributed by atoms with Gasteiger partial charge in [-0.15, -0.1) is 12.4 Å². The number of fused-ring (bicyclic) bond motifs is 1. The number of likely N-dealkylation sites (tertiary alicyclic amines) is 1. The summed E-state index contributed by atoms with van der Waals surface area (Å²) in [7, 11) is 0. The van der Waals surface area contributed by atoms with Crippen LogP contribution in [0.15, 0.2) is 84.9 Å². The predicted octanol–water partition coefficient (Wildman–Crippen LogP) is 5.53. The molecule has 2 heterocycles. The Balaban J connectivity index is 0.00000274. The highest BCUT2D eigenvalue weighted by Crippen LogP contribution is 2.48. The molecule has 2 aliphatic rings. The summed E-state index contributed by atoms with van der Waals surface area (Å²) in [5.41, 5.74) is 3.60. The zero-order valence-electron chi connectivity index (χ0n) is 19.3. The molecule has 1 saturated heterocycles. The van der Waals surface area contributed by atoms with Crippen LogP contribution in [0.2, 0.25) is 0 Å². The van der Waals surface area contributed by atoms with Crippen LogP contribution < -0.4 is 4.90 Å². The lowest BCUT2D eigenvalue weighted by Crippen LogP contribution is -2.44. The van der Waals surface area contributed by atoms with E-state index in [1.165, 1.54) is 5.56 Å². The van der Waals surface area contributed by atoms with Crippen LogP contribution in [0, 0.1) is 11.3 Å². The first-order valence-corrected chi connectivity index (χ1v) is 11.9. The van der Waals surface area contributed by atoms with Crippen LogP contribution in [0.25, 0.3) is 0 Å². The molecular weight excluding hydrogens is 442 g/mol. The third-order valence-electron chi connectivity index (χ3n) is 7.42. The van der Waals surface area contributed by atoms with Gasteiger partial charge >= 0.3 is 0 Å². The van der Waals surface area contributed by atoms with Crippen LogP contribution in [-0.4, -0.2) is 37.0 Å². The number of hydrogen-bond acceptors (Lipinski definition) is 3. The van der Waals surface area contributed by atoms with Gasteiger partial charge in [-0.25, -0.2) is 0 Å². The van der Waals surface area contributed by atoms with Gasteiger partial charge in [0.25, 0.3) is 0 Å². The van der Waals surface area contributed by atoms with E-state index in [9.17, 15) is 10.1 Å². The summed E-state index contributed by atoms with van der Waals surface area (Å²) in [4.78, 5) is 18.1. The molecule has 4 nitrogen and oxygen atoms in total. The average Bonchev–Trinajstić information content (AvgIpc) is 3.12. The van der Waals surface area contributed by atoms with Gasteiger partial charge in [-0.05, 0) is 67.6 Å². The molecule has 2 aliphatic heterocycles. The number of carbonyl (C=O) groups excluding carboxylic acids is 1. The lowest BCUT2D eigenvalue weighted by Gasteiger charge is -2.36. The number of benzene rings is 3. The van der Waals surface area contributed by atoms with E-state index >= 15 is 0 Å². The molecule has 3 aromatic carbocycles. The van der Waals surface area contributed by atoms with E-state index in [1.807, 2.05) is 36.4 Å². The summed E-state index contributed by atoms with van der Waals surface area (Å²) in [6.07, 6.45) is 3.01. The molecule has 0 saturated carbocycles. The van der Waals surface area contributed by atoms with Crippen LogP contribution in [0.4, 0.5) is 5.69 Å². The molecule has 0 spiro atoms. The van der Waals surface area contributed by atoms with Crippen molar-refractivity contribution in [1.29, 1.82) is 5.26 Å². The maximum atomic E-state index is 13.9. The number of nitriles is 1. The number of hydrogen-bond donors (Lipinski definition) is 0. The summed E-state index contributed by atoms with van der Waals surface area (Å²) in [5.74, 6) is 0.640. The van der Waals surface area contributed by atoms with Crippen molar-refractivity contribution in [3.05, 3.63) is 102 Å². The van der Waals surface area contributed by atoms with Gasteiger partial charge < -0.3 is 4.90 Å². The van der Waals surface area contributed by atoms with E-state index in [0.717, 1.165) is 49.3 Å². The van der Waals surface area contributed by atoms with Crippen molar-refractivity contribution in [2.24, 2.45) is 0 Å². The second kappa shape index (κ2) is 10.4. The number of anilines is 1. The first-order valence-electron chi connectivity index (χ1n) is 11.9. The SMILES string of the molecule is Cl.N#CCN1C(=O)C(CCN2CCC(c3ccccc3)CC2)(c2ccccc2)c2ccccc21. The van der Waals surface area contributed by atoms with Gasteiger partial charge in [-0.1, -0.05) is 78.9 Å². The number of amides is 1. The minimum atomic E-state index is -0.745. The van der Waals surface area contributed by atoms with Crippen LogP contribution in [0.3, 0.4) is 0 Å².